The van der Waals surface area contributed by atoms with Gasteiger partial charge in [-0.3, -0.25) is 9.78 Å². The Bertz CT molecular complexity index is 432. The number of anilines is 1. The zero-order valence-electron chi connectivity index (χ0n) is 12.4. The van der Waals surface area contributed by atoms with E-state index in [4.69, 9.17) is 0 Å². The number of carbonyl (C=O) groups is 1. The number of hydrogen-bond donors (Lipinski definition) is 1. The molecule has 1 saturated heterocycles. The molecule has 1 fully saturated rings. The van der Waals surface area contributed by atoms with Crippen molar-refractivity contribution in [3.63, 3.8) is 0 Å². The second-order valence-corrected chi connectivity index (χ2v) is 5.45. The molecule has 0 saturated carbocycles. The molecule has 0 aliphatic carbocycles. The van der Waals surface area contributed by atoms with E-state index < -0.39 is 0 Å². The van der Waals surface area contributed by atoms with Crippen LogP contribution in [0.1, 0.15) is 45.2 Å². The lowest BCUT2D eigenvalue weighted by Gasteiger charge is -2.16. The van der Waals surface area contributed by atoms with Crippen LogP contribution in [0.25, 0.3) is 0 Å². The number of amides is 1. The number of aromatic nitrogens is 2. The first-order valence-electron chi connectivity index (χ1n) is 7.55. The van der Waals surface area contributed by atoms with Crippen LogP contribution in [-0.4, -0.2) is 33.9 Å². The second kappa shape index (κ2) is 7.22. The number of nitrogens with zero attached hydrogens (tertiary/aromatic N) is 3. The maximum atomic E-state index is 11.9. The van der Waals surface area contributed by atoms with E-state index in [9.17, 15) is 4.79 Å². The summed E-state index contributed by atoms with van der Waals surface area (Å²) in [5.41, 5.74) is 0.859. The van der Waals surface area contributed by atoms with Crippen molar-refractivity contribution < 1.29 is 4.79 Å². The van der Waals surface area contributed by atoms with Gasteiger partial charge in [0.05, 0.1) is 24.6 Å². The van der Waals surface area contributed by atoms with Crippen molar-refractivity contribution in [2.75, 3.05) is 18.4 Å². The fraction of sp³-hybridized carbons (Fsp3) is 0.667. The smallest absolute Gasteiger partial charge is 0.223 e. The minimum absolute atomic E-state index is 0.249. The Morgan fingerprint density at radius 2 is 2.15 bits per heavy atom. The molecule has 2 heterocycles. The van der Waals surface area contributed by atoms with Gasteiger partial charge in [0.15, 0.2) is 0 Å². The zero-order chi connectivity index (χ0) is 14.4. The van der Waals surface area contributed by atoms with E-state index in [2.05, 4.69) is 29.1 Å². The van der Waals surface area contributed by atoms with Crippen LogP contribution in [-0.2, 0) is 11.3 Å². The molecule has 0 aromatic carbocycles. The predicted molar refractivity (Wildman–Crippen MR) is 79.2 cm³/mol. The highest BCUT2D eigenvalue weighted by Crippen LogP contribution is 2.23. The fourth-order valence-electron chi connectivity index (χ4n) is 2.58. The Labute approximate surface area is 120 Å². The van der Waals surface area contributed by atoms with Crippen molar-refractivity contribution in [1.29, 1.82) is 0 Å². The van der Waals surface area contributed by atoms with Crippen LogP contribution in [0.2, 0.25) is 0 Å². The largest absolute Gasteiger partial charge is 0.369 e. The van der Waals surface area contributed by atoms with Crippen LogP contribution in [0.4, 0.5) is 5.82 Å². The topological polar surface area (TPSA) is 58.1 Å². The Morgan fingerprint density at radius 1 is 1.30 bits per heavy atom. The molecule has 1 aliphatic heterocycles. The molecular weight excluding hydrogens is 252 g/mol. The van der Waals surface area contributed by atoms with Crippen LogP contribution in [0.5, 0.6) is 0 Å². The van der Waals surface area contributed by atoms with Gasteiger partial charge in [0.25, 0.3) is 0 Å². The lowest BCUT2D eigenvalue weighted by atomic mass is 10.0. The zero-order valence-corrected chi connectivity index (χ0v) is 12.4. The van der Waals surface area contributed by atoms with Crippen LogP contribution >= 0.6 is 0 Å². The van der Waals surface area contributed by atoms with Gasteiger partial charge in [-0.05, 0) is 18.8 Å². The molecular formula is C15H24N4O. The van der Waals surface area contributed by atoms with E-state index in [1.165, 1.54) is 0 Å². The van der Waals surface area contributed by atoms with Crippen LogP contribution in [0, 0.1) is 5.92 Å². The lowest BCUT2D eigenvalue weighted by molar-refractivity contribution is -0.128. The third-order valence-electron chi connectivity index (χ3n) is 3.61. The monoisotopic (exact) mass is 276 g/mol. The average molecular weight is 276 g/mol. The number of rotatable bonds is 7. The highest BCUT2D eigenvalue weighted by molar-refractivity contribution is 5.78. The molecule has 1 aromatic heterocycles. The Morgan fingerprint density at radius 3 is 2.80 bits per heavy atom. The summed E-state index contributed by atoms with van der Waals surface area (Å²) in [6.07, 6.45) is 7.53. The van der Waals surface area contributed by atoms with Crippen molar-refractivity contribution in [3.8, 4) is 0 Å². The van der Waals surface area contributed by atoms with E-state index in [0.717, 1.165) is 43.9 Å². The van der Waals surface area contributed by atoms with Gasteiger partial charge >= 0.3 is 0 Å². The Balaban J connectivity index is 1.88. The van der Waals surface area contributed by atoms with Crippen LogP contribution in [0.15, 0.2) is 12.4 Å². The molecule has 0 bridgehead atoms. The van der Waals surface area contributed by atoms with Crippen molar-refractivity contribution in [1.82, 2.24) is 14.9 Å². The molecule has 20 heavy (non-hydrogen) atoms. The van der Waals surface area contributed by atoms with Gasteiger partial charge in [0.1, 0.15) is 5.82 Å². The molecule has 1 unspecified atom stereocenters. The third kappa shape index (κ3) is 3.92. The van der Waals surface area contributed by atoms with Crippen LogP contribution in [0.3, 0.4) is 0 Å². The normalized spacial score (nSPS) is 18.6. The summed E-state index contributed by atoms with van der Waals surface area (Å²) >= 11 is 0. The van der Waals surface area contributed by atoms with Gasteiger partial charge in [0, 0.05) is 19.5 Å². The quantitative estimate of drug-likeness (QED) is 0.831. The summed E-state index contributed by atoms with van der Waals surface area (Å²) in [7, 11) is 0. The minimum Gasteiger partial charge on any atom is -0.369 e. The summed E-state index contributed by atoms with van der Waals surface area (Å²) in [6.45, 7) is 6.63. The first-order valence-corrected chi connectivity index (χ1v) is 7.55. The summed E-state index contributed by atoms with van der Waals surface area (Å²) in [4.78, 5) is 22.6. The number of hydrogen-bond acceptors (Lipinski definition) is 4. The standard InChI is InChI=1S/C15H24N4O/c1-3-5-12-7-15(20)19(10-12)11-13-8-18-14(9-17-13)16-6-4-2/h8-9,12H,3-7,10-11H2,1-2H3,(H,16,18). The molecule has 1 aromatic rings. The first kappa shape index (κ1) is 14.8. The second-order valence-electron chi connectivity index (χ2n) is 5.45. The van der Waals surface area contributed by atoms with E-state index >= 15 is 0 Å². The maximum Gasteiger partial charge on any atom is 0.223 e. The molecule has 110 valence electrons. The van der Waals surface area contributed by atoms with Crippen molar-refractivity contribution in [2.45, 2.75) is 46.1 Å². The SMILES string of the molecule is CCCNc1cnc(CN2CC(CCC)CC2=O)cn1. The summed E-state index contributed by atoms with van der Waals surface area (Å²) in [6, 6.07) is 0. The molecule has 1 atom stereocenters. The fourth-order valence-corrected chi connectivity index (χ4v) is 2.58. The van der Waals surface area contributed by atoms with Gasteiger partial charge in [0.2, 0.25) is 5.91 Å². The molecule has 5 heteroatoms. The third-order valence-corrected chi connectivity index (χ3v) is 3.61. The van der Waals surface area contributed by atoms with Gasteiger partial charge in [-0.2, -0.15) is 0 Å². The minimum atomic E-state index is 0.249. The number of likely N-dealkylation sites (tertiary alicyclic amines) is 1. The van der Waals surface area contributed by atoms with Crippen molar-refractivity contribution in [3.05, 3.63) is 18.1 Å². The lowest BCUT2D eigenvalue weighted by Crippen LogP contribution is -2.25. The summed E-state index contributed by atoms with van der Waals surface area (Å²) in [5, 5.41) is 3.19. The van der Waals surface area contributed by atoms with Crippen molar-refractivity contribution in [2.24, 2.45) is 5.92 Å². The van der Waals surface area contributed by atoms with Gasteiger partial charge < -0.3 is 10.2 Å². The molecule has 2 rings (SSSR count). The van der Waals surface area contributed by atoms with Crippen LogP contribution < -0.4 is 5.32 Å². The van der Waals surface area contributed by atoms with Gasteiger partial charge in [-0.25, -0.2) is 4.98 Å². The number of carbonyl (C=O) groups excluding carboxylic acids is 1. The van der Waals surface area contributed by atoms with E-state index in [1.54, 1.807) is 12.4 Å². The van der Waals surface area contributed by atoms with E-state index in [-0.39, 0.29) is 5.91 Å². The van der Waals surface area contributed by atoms with Crippen molar-refractivity contribution >= 4 is 11.7 Å². The molecule has 1 N–H and O–H groups in total. The summed E-state index contributed by atoms with van der Waals surface area (Å²) < 4.78 is 0. The van der Waals surface area contributed by atoms with Gasteiger partial charge in [-0.1, -0.05) is 20.3 Å². The van der Waals surface area contributed by atoms with E-state index in [1.807, 2.05) is 4.90 Å². The Kier molecular flexibility index (Phi) is 5.32. The number of nitrogens with one attached hydrogen (secondary N) is 1. The molecule has 0 radical (unpaired) electrons. The average Bonchev–Trinajstić information content (AvgIpc) is 2.79. The highest BCUT2D eigenvalue weighted by atomic mass is 16.2. The predicted octanol–water partition coefficient (Wildman–Crippen LogP) is 2.45. The first-order chi connectivity index (χ1) is 9.72. The van der Waals surface area contributed by atoms with Gasteiger partial charge in [-0.15, -0.1) is 0 Å². The maximum absolute atomic E-state index is 11.9. The summed E-state index contributed by atoms with van der Waals surface area (Å²) in [5.74, 6) is 1.57. The molecule has 0 spiro atoms. The molecule has 1 amide bonds. The molecule has 5 nitrogen and oxygen atoms in total. The van der Waals surface area contributed by atoms with E-state index in [0.29, 0.717) is 18.9 Å². The Hall–Kier alpha value is -1.65. The highest BCUT2D eigenvalue weighted by Gasteiger charge is 2.28. The molecule has 1 aliphatic rings.